The zero-order valence-corrected chi connectivity index (χ0v) is 12.0. The van der Waals surface area contributed by atoms with E-state index in [2.05, 4.69) is 11.3 Å². The van der Waals surface area contributed by atoms with E-state index in [9.17, 15) is 17.8 Å². The first-order valence-corrected chi connectivity index (χ1v) is 7.47. The number of rotatable bonds is 7. The van der Waals surface area contributed by atoms with Gasteiger partial charge in [-0.05, 0) is 11.6 Å². The van der Waals surface area contributed by atoms with Crippen LogP contribution in [0, 0.1) is 0 Å². The first-order valence-electron chi connectivity index (χ1n) is 6.03. The van der Waals surface area contributed by atoms with Crippen molar-refractivity contribution in [2.45, 2.75) is 6.42 Å². The van der Waals surface area contributed by atoms with Gasteiger partial charge < -0.3 is 9.84 Å². The van der Waals surface area contributed by atoms with Gasteiger partial charge in [0.15, 0.2) is 0 Å². The summed E-state index contributed by atoms with van der Waals surface area (Å²) in [6, 6.07) is 8.47. The van der Waals surface area contributed by atoms with Gasteiger partial charge >= 0.3 is 5.97 Å². The molecule has 0 saturated heterocycles. The summed E-state index contributed by atoms with van der Waals surface area (Å²) in [6.07, 6.45) is 0.873. The minimum absolute atomic E-state index is 0.136. The minimum atomic E-state index is -4.47. The van der Waals surface area contributed by atoms with Crippen molar-refractivity contribution in [3.63, 3.8) is 0 Å². The third kappa shape index (κ3) is 5.90. The molecule has 0 atom stereocenters. The fourth-order valence-electron chi connectivity index (χ4n) is 1.47. The zero-order chi connectivity index (χ0) is 15.9. The molecule has 7 heteroatoms. The van der Waals surface area contributed by atoms with Gasteiger partial charge in [-0.3, -0.25) is 4.55 Å². The number of aliphatic hydroxyl groups is 1. The number of hydrogen-bond donors (Lipinski definition) is 2. The number of benzene rings is 1. The Morgan fingerprint density at radius 1 is 1.29 bits per heavy atom. The summed E-state index contributed by atoms with van der Waals surface area (Å²) in [7, 11) is -4.47. The lowest BCUT2D eigenvalue weighted by Crippen LogP contribution is -2.13. The molecule has 0 spiro atoms. The molecule has 1 aromatic rings. The van der Waals surface area contributed by atoms with Crippen molar-refractivity contribution in [2.75, 3.05) is 13.2 Å². The van der Waals surface area contributed by atoms with Crippen LogP contribution in [0.1, 0.15) is 12.0 Å². The number of allylic oxidation sites excluding steroid dienone is 1. The van der Waals surface area contributed by atoms with Crippen molar-refractivity contribution in [1.29, 1.82) is 0 Å². The van der Waals surface area contributed by atoms with Crippen LogP contribution in [0.25, 0.3) is 6.08 Å². The lowest BCUT2D eigenvalue weighted by molar-refractivity contribution is -0.140. The highest BCUT2D eigenvalue weighted by molar-refractivity contribution is 7.90. The van der Waals surface area contributed by atoms with E-state index in [0.29, 0.717) is 5.56 Å². The molecule has 1 aromatic carbocycles. The maximum Gasteiger partial charge on any atom is 0.333 e. The highest BCUT2D eigenvalue weighted by Crippen LogP contribution is 2.19. The van der Waals surface area contributed by atoms with Gasteiger partial charge in [0.2, 0.25) is 0 Å². The Labute approximate surface area is 123 Å². The molecule has 1 rings (SSSR count). The molecular weight excluding hydrogens is 296 g/mol. The average molecular weight is 312 g/mol. The van der Waals surface area contributed by atoms with E-state index >= 15 is 0 Å². The quantitative estimate of drug-likeness (QED) is 0.448. The molecule has 21 heavy (non-hydrogen) atoms. The predicted molar refractivity (Wildman–Crippen MR) is 77.8 cm³/mol. The van der Waals surface area contributed by atoms with E-state index in [1.54, 1.807) is 30.3 Å². The number of hydrogen-bond acceptors (Lipinski definition) is 5. The second-order valence-electron chi connectivity index (χ2n) is 4.14. The van der Waals surface area contributed by atoms with Gasteiger partial charge in [-0.1, -0.05) is 36.9 Å². The fraction of sp³-hybridized carbons (Fsp3) is 0.214. The van der Waals surface area contributed by atoms with Crippen LogP contribution >= 0.6 is 0 Å². The number of ether oxygens (including phenoxy) is 1. The minimum Gasteiger partial charge on any atom is -0.460 e. The highest BCUT2D eigenvalue weighted by Gasteiger charge is 2.19. The lowest BCUT2D eigenvalue weighted by Gasteiger charge is -2.08. The van der Waals surface area contributed by atoms with E-state index in [0.717, 1.165) is 0 Å². The second kappa shape index (κ2) is 7.72. The summed E-state index contributed by atoms with van der Waals surface area (Å²) < 4.78 is 36.6. The molecule has 0 bridgehead atoms. The number of aliphatic hydroxyl groups excluding tert-OH is 1. The van der Waals surface area contributed by atoms with Gasteiger partial charge in [0.1, 0.15) is 6.61 Å². The third-order valence-corrected chi connectivity index (χ3v) is 3.38. The van der Waals surface area contributed by atoms with Gasteiger partial charge in [0.05, 0.1) is 11.5 Å². The molecule has 0 amide bonds. The van der Waals surface area contributed by atoms with Crippen molar-refractivity contribution in [2.24, 2.45) is 0 Å². The monoisotopic (exact) mass is 312 g/mol. The van der Waals surface area contributed by atoms with Crippen LogP contribution in [0.15, 0.2) is 47.4 Å². The molecule has 114 valence electrons. The molecule has 2 N–H and O–H groups in total. The molecule has 6 nitrogen and oxygen atoms in total. The first kappa shape index (κ1) is 17.1. The Bertz CT molecular complexity index is 631. The van der Waals surface area contributed by atoms with Crippen LogP contribution in [0.5, 0.6) is 0 Å². The van der Waals surface area contributed by atoms with Crippen molar-refractivity contribution in [1.82, 2.24) is 0 Å². The molecule has 0 saturated carbocycles. The molecule has 0 aliphatic carbocycles. The van der Waals surface area contributed by atoms with Crippen LogP contribution in [0.2, 0.25) is 0 Å². The summed E-state index contributed by atoms with van der Waals surface area (Å²) in [4.78, 5) is 11.1. The van der Waals surface area contributed by atoms with Crippen LogP contribution < -0.4 is 0 Å². The third-order valence-electron chi connectivity index (χ3n) is 2.46. The Morgan fingerprint density at radius 2 is 1.90 bits per heavy atom. The van der Waals surface area contributed by atoms with E-state index in [1.807, 2.05) is 0 Å². The maximum absolute atomic E-state index is 11.5. The van der Waals surface area contributed by atoms with Gasteiger partial charge in [-0.25, -0.2) is 4.79 Å². The van der Waals surface area contributed by atoms with Crippen LogP contribution in [-0.4, -0.2) is 37.3 Å². The van der Waals surface area contributed by atoms with Gasteiger partial charge in [-0.15, -0.1) is 0 Å². The van der Waals surface area contributed by atoms with E-state index in [1.165, 1.54) is 6.08 Å². The number of esters is 1. The Kier molecular flexibility index (Phi) is 6.29. The largest absolute Gasteiger partial charge is 0.460 e. The van der Waals surface area contributed by atoms with Gasteiger partial charge in [0.25, 0.3) is 10.1 Å². The fourth-order valence-corrected chi connectivity index (χ4v) is 2.12. The average Bonchev–Trinajstić information content (AvgIpc) is 2.44. The number of carbonyl (C=O) groups excluding carboxylic acids is 1. The molecular formula is C14H16O6S. The van der Waals surface area contributed by atoms with Crippen LogP contribution in [0.4, 0.5) is 0 Å². The normalized spacial score (nSPS) is 12.0. The lowest BCUT2D eigenvalue weighted by atomic mass is 10.1. The summed E-state index contributed by atoms with van der Waals surface area (Å²) in [5.41, 5.74) is 0.421. The van der Waals surface area contributed by atoms with Crippen molar-refractivity contribution in [3.05, 3.63) is 53.0 Å². The maximum atomic E-state index is 11.5. The Balaban J connectivity index is 2.94. The van der Waals surface area contributed by atoms with E-state index in [4.69, 9.17) is 5.11 Å². The topological polar surface area (TPSA) is 101 Å². The Hall–Kier alpha value is -1.96. The zero-order valence-electron chi connectivity index (χ0n) is 11.2. The SMILES string of the molecule is C=C(CC(=Cc1ccccc1)S(=O)(=O)O)C(=O)OCCO. The van der Waals surface area contributed by atoms with Crippen molar-refractivity contribution >= 4 is 22.2 Å². The predicted octanol–water partition coefficient (Wildman–Crippen LogP) is 1.40. The second-order valence-corrected chi connectivity index (χ2v) is 5.61. The van der Waals surface area contributed by atoms with Crippen molar-refractivity contribution < 1.29 is 27.6 Å². The first-order chi connectivity index (χ1) is 9.84. The van der Waals surface area contributed by atoms with Crippen LogP contribution in [0.3, 0.4) is 0 Å². The highest BCUT2D eigenvalue weighted by atomic mass is 32.2. The standard InChI is InChI=1S/C14H16O6S/c1-11(14(16)20-8-7-15)9-13(21(17,18)19)10-12-5-3-2-4-6-12/h2-6,10,15H,1,7-9H2,(H,17,18,19). The van der Waals surface area contributed by atoms with Gasteiger partial charge in [0, 0.05) is 12.0 Å². The van der Waals surface area contributed by atoms with Crippen molar-refractivity contribution in [3.8, 4) is 0 Å². The van der Waals surface area contributed by atoms with Crippen LogP contribution in [-0.2, 0) is 19.6 Å². The molecule has 0 radical (unpaired) electrons. The Morgan fingerprint density at radius 3 is 2.43 bits per heavy atom. The summed E-state index contributed by atoms with van der Waals surface area (Å²) in [5, 5.41) is 8.55. The smallest absolute Gasteiger partial charge is 0.333 e. The van der Waals surface area contributed by atoms with E-state index in [-0.39, 0.29) is 30.1 Å². The molecule has 0 heterocycles. The summed E-state index contributed by atoms with van der Waals surface area (Å²) in [6.45, 7) is 2.88. The number of carbonyl (C=O) groups is 1. The summed E-state index contributed by atoms with van der Waals surface area (Å²) >= 11 is 0. The molecule has 0 fully saturated rings. The summed E-state index contributed by atoms with van der Waals surface area (Å²) in [5.74, 6) is -0.827. The molecule has 0 aliphatic heterocycles. The molecule has 0 aromatic heterocycles. The molecule has 0 aliphatic rings. The van der Waals surface area contributed by atoms with Gasteiger partial charge in [-0.2, -0.15) is 8.42 Å². The molecule has 0 unspecified atom stereocenters. The van der Waals surface area contributed by atoms with E-state index < -0.39 is 16.1 Å².